The highest BCUT2D eigenvalue weighted by Crippen LogP contribution is 2.23. The van der Waals surface area contributed by atoms with Crippen LogP contribution in [0.3, 0.4) is 0 Å². The van der Waals surface area contributed by atoms with Crippen molar-refractivity contribution >= 4 is 21.6 Å². The molecule has 1 N–H and O–H groups in total. The summed E-state index contributed by atoms with van der Waals surface area (Å²) in [6.07, 6.45) is 1.07. The molecule has 0 saturated carbocycles. The Morgan fingerprint density at radius 3 is 2.52 bits per heavy atom. The number of para-hydroxylation sites is 1. The van der Waals surface area contributed by atoms with Crippen molar-refractivity contribution in [3.05, 3.63) is 65.7 Å². The SMILES string of the molecule is O=C(Nc1ccccc1F)[C@@H]1CCCN(S(=O)(=O)Cc2ccc(F)cc2)C1. The lowest BCUT2D eigenvalue weighted by Gasteiger charge is -2.31. The molecule has 0 aromatic heterocycles. The van der Waals surface area contributed by atoms with Gasteiger partial charge in [0.05, 0.1) is 17.4 Å². The van der Waals surface area contributed by atoms with Crippen LogP contribution in [0, 0.1) is 17.6 Å². The maximum absolute atomic E-state index is 13.7. The molecular formula is C19H20F2N2O3S. The average Bonchev–Trinajstić information content (AvgIpc) is 2.65. The highest BCUT2D eigenvalue weighted by Gasteiger charge is 2.32. The number of carbonyl (C=O) groups excluding carboxylic acids is 1. The largest absolute Gasteiger partial charge is 0.323 e. The molecule has 1 heterocycles. The van der Waals surface area contributed by atoms with Crippen molar-refractivity contribution in [1.82, 2.24) is 4.31 Å². The van der Waals surface area contributed by atoms with Crippen LogP contribution < -0.4 is 5.32 Å². The molecule has 27 heavy (non-hydrogen) atoms. The Bertz CT molecular complexity index is 917. The smallest absolute Gasteiger partial charge is 0.228 e. The predicted molar refractivity (Wildman–Crippen MR) is 98.4 cm³/mol. The summed E-state index contributed by atoms with van der Waals surface area (Å²) >= 11 is 0. The molecular weight excluding hydrogens is 374 g/mol. The van der Waals surface area contributed by atoms with E-state index in [1.807, 2.05) is 0 Å². The molecule has 1 aliphatic heterocycles. The van der Waals surface area contributed by atoms with E-state index in [9.17, 15) is 22.0 Å². The van der Waals surface area contributed by atoms with Crippen molar-refractivity contribution in [2.24, 2.45) is 5.92 Å². The lowest BCUT2D eigenvalue weighted by molar-refractivity contribution is -0.120. The van der Waals surface area contributed by atoms with Gasteiger partial charge in [-0.1, -0.05) is 24.3 Å². The Morgan fingerprint density at radius 1 is 1.11 bits per heavy atom. The standard InChI is InChI=1S/C19H20F2N2O3S/c20-16-9-7-14(8-10-16)13-27(25,26)23-11-3-4-15(12-23)19(24)22-18-6-2-1-5-17(18)21/h1-2,5-10,15H,3-4,11-13H2,(H,22,24)/t15-/m1/s1. The molecule has 5 nitrogen and oxygen atoms in total. The monoisotopic (exact) mass is 394 g/mol. The van der Waals surface area contributed by atoms with Crippen LogP contribution in [-0.2, 0) is 20.6 Å². The van der Waals surface area contributed by atoms with Crippen LogP contribution in [0.15, 0.2) is 48.5 Å². The van der Waals surface area contributed by atoms with E-state index in [0.29, 0.717) is 24.9 Å². The first kappa shape index (κ1) is 19.4. The molecule has 0 bridgehead atoms. The van der Waals surface area contributed by atoms with E-state index in [-0.39, 0.29) is 18.0 Å². The van der Waals surface area contributed by atoms with Gasteiger partial charge in [-0.3, -0.25) is 4.79 Å². The highest BCUT2D eigenvalue weighted by molar-refractivity contribution is 7.88. The molecule has 1 saturated heterocycles. The van der Waals surface area contributed by atoms with E-state index in [4.69, 9.17) is 0 Å². The highest BCUT2D eigenvalue weighted by atomic mass is 32.2. The second-order valence-corrected chi connectivity index (χ2v) is 8.52. The zero-order valence-electron chi connectivity index (χ0n) is 14.6. The summed E-state index contributed by atoms with van der Waals surface area (Å²) in [7, 11) is -3.64. The molecule has 0 radical (unpaired) electrons. The van der Waals surface area contributed by atoms with Crippen molar-refractivity contribution in [3.63, 3.8) is 0 Å². The van der Waals surface area contributed by atoms with Crippen LogP contribution >= 0.6 is 0 Å². The number of hydrogen-bond donors (Lipinski definition) is 1. The number of nitrogens with zero attached hydrogens (tertiary/aromatic N) is 1. The van der Waals surface area contributed by atoms with Gasteiger partial charge in [-0.2, -0.15) is 0 Å². The zero-order chi connectivity index (χ0) is 19.4. The number of benzene rings is 2. The van der Waals surface area contributed by atoms with Gasteiger partial charge in [0.2, 0.25) is 15.9 Å². The quantitative estimate of drug-likeness (QED) is 0.847. The number of amides is 1. The fourth-order valence-electron chi connectivity index (χ4n) is 3.09. The number of halogens is 2. The van der Waals surface area contributed by atoms with Gasteiger partial charge in [-0.15, -0.1) is 0 Å². The number of anilines is 1. The van der Waals surface area contributed by atoms with Crippen LogP contribution in [0.4, 0.5) is 14.5 Å². The minimum atomic E-state index is -3.64. The van der Waals surface area contributed by atoms with Crippen LogP contribution in [0.5, 0.6) is 0 Å². The minimum Gasteiger partial charge on any atom is -0.323 e. The van der Waals surface area contributed by atoms with Crippen molar-refractivity contribution in [2.45, 2.75) is 18.6 Å². The summed E-state index contributed by atoms with van der Waals surface area (Å²) in [4.78, 5) is 12.4. The molecule has 0 unspecified atom stereocenters. The maximum atomic E-state index is 13.7. The number of piperidine rings is 1. The summed E-state index contributed by atoms with van der Waals surface area (Å²) in [5, 5.41) is 2.53. The molecule has 2 aromatic carbocycles. The van der Waals surface area contributed by atoms with E-state index in [1.54, 1.807) is 6.07 Å². The maximum Gasteiger partial charge on any atom is 0.228 e. The van der Waals surface area contributed by atoms with Crippen molar-refractivity contribution in [1.29, 1.82) is 0 Å². The van der Waals surface area contributed by atoms with E-state index < -0.39 is 33.5 Å². The van der Waals surface area contributed by atoms with Crippen LogP contribution in [-0.4, -0.2) is 31.7 Å². The summed E-state index contributed by atoms with van der Waals surface area (Å²) in [5.74, 6) is -2.18. The molecule has 1 aliphatic rings. The average molecular weight is 394 g/mol. The topological polar surface area (TPSA) is 66.5 Å². The minimum absolute atomic E-state index is 0.0455. The Kier molecular flexibility index (Phi) is 5.86. The van der Waals surface area contributed by atoms with Gasteiger partial charge in [0, 0.05) is 13.1 Å². The number of nitrogens with one attached hydrogen (secondary N) is 1. The normalized spacial score (nSPS) is 18.2. The fraction of sp³-hybridized carbons (Fsp3) is 0.316. The van der Waals surface area contributed by atoms with Gasteiger partial charge in [0.25, 0.3) is 0 Å². The molecule has 2 aromatic rings. The lowest BCUT2D eigenvalue weighted by Crippen LogP contribution is -2.44. The van der Waals surface area contributed by atoms with Gasteiger partial charge in [0.1, 0.15) is 11.6 Å². The van der Waals surface area contributed by atoms with E-state index >= 15 is 0 Å². The Balaban J connectivity index is 1.66. The molecule has 8 heteroatoms. The van der Waals surface area contributed by atoms with E-state index in [0.717, 1.165) is 0 Å². The summed E-state index contributed by atoms with van der Waals surface area (Å²) in [5.41, 5.74) is 0.558. The van der Waals surface area contributed by atoms with Crippen molar-refractivity contribution in [3.8, 4) is 0 Å². The Labute approximate surface area is 157 Å². The van der Waals surface area contributed by atoms with Gasteiger partial charge in [-0.05, 0) is 42.7 Å². The second kappa shape index (κ2) is 8.14. The molecule has 1 atom stereocenters. The Morgan fingerprint density at radius 2 is 1.81 bits per heavy atom. The van der Waals surface area contributed by atoms with E-state index in [1.165, 1.54) is 46.8 Å². The first-order valence-electron chi connectivity index (χ1n) is 8.63. The molecule has 1 fully saturated rings. The number of carbonyl (C=O) groups is 1. The fourth-order valence-corrected chi connectivity index (χ4v) is 4.70. The number of rotatable bonds is 5. The van der Waals surface area contributed by atoms with Crippen molar-refractivity contribution < 1.29 is 22.0 Å². The van der Waals surface area contributed by atoms with E-state index in [2.05, 4.69) is 5.32 Å². The molecule has 144 valence electrons. The van der Waals surface area contributed by atoms with Gasteiger partial charge in [-0.25, -0.2) is 21.5 Å². The van der Waals surface area contributed by atoms with Gasteiger partial charge in [0.15, 0.2) is 0 Å². The van der Waals surface area contributed by atoms with Gasteiger partial charge >= 0.3 is 0 Å². The molecule has 0 aliphatic carbocycles. The van der Waals surface area contributed by atoms with Crippen LogP contribution in [0.1, 0.15) is 18.4 Å². The Hall–Kier alpha value is -2.32. The molecule has 1 amide bonds. The second-order valence-electron chi connectivity index (χ2n) is 6.55. The summed E-state index contributed by atoms with van der Waals surface area (Å²) < 4.78 is 53.3. The third-order valence-corrected chi connectivity index (χ3v) is 6.36. The third kappa shape index (κ3) is 4.90. The molecule has 3 rings (SSSR count). The van der Waals surface area contributed by atoms with Crippen LogP contribution in [0.25, 0.3) is 0 Å². The zero-order valence-corrected chi connectivity index (χ0v) is 15.4. The summed E-state index contributed by atoms with van der Waals surface area (Å²) in [6.45, 7) is 0.372. The van der Waals surface area contributed by atoms with Crippen LogP contribution in [0.2, 0.25) is 0 Å². The van der Waals surface area contributed by atoms with Crippen molar-refractivity contribution in [2.75, 3.05) is 18.4 Å². The molecule has 0 spiro atoms. The summed E-state index contributed by atoms with van der Waals surface area (Å²) in [6, 6.07) is 11.1. The van der Waals surface area contributed by atoms with Gasteiger partial charge < -0.3 is 5.32 Å². The first-order chi connectivity index (χ1) is 12.8. The first-order valence-corrected chi connectivity index (χ1v) is 10.2. The lowest BCUT2D eigenvalue weighted by atomic mass is 9.98. The number of sulfonamides is 1. The predicted octanol–water partition coefficient (Wildman–Crippen LogP) is 3.15. The number of hydrogen-bond acceptors (Lipinski definition) is 3. The third-order valence-electron chi connectivity index (χ3n) is 4.54.